The molecule has 162 valence electrons. The highest BCUT2D eigenvalue weighted by Gasteiger charge is 2.40. The molecule has 0 unspecified atom stereocenters. The number of nitrogens with zero attached hydrogens (tertiary/aromatic N) is 1. The fourth-order valence-corrected chi connectivity index (χ4v) is 5.17. The number of H-pyrrole nitrogens is 1. The summed E-state index contributed by atoms with van der Waals surface area (Å²) in [4.78, 5) is 29.0. The number of aromatic amines is 1. The summed E-state index contributed by atoms with van der Waals surface area (Å²) in [6.45, 7) is 3.16. The van der Waals surface area contributed by atoms with E-state index in [4.69, 9.17) is 4.74 Å². The van der Waals surface area contributed by atoms with E-state index in [2.05, 4.69) is 4.98 Å². The summed E-state index contributed by atoms with van der Waals surface area (Å²) in [7, 11) is -3.64. The first-order chi connectivity index (χ1) is 14.8. The minimum Gasteiger partial charge on any atom is -0.453 e. The van der Waals surface area contributed by atoms with Gasteiger partial charge in [-0.25, -0.2) is 8.42 Å². The smallest absolute Gasteiger partial charge is 0.325 e. The summed E-state index contributed by atoms with van der Waals surface area (Å²) in [5.74, 6) is -1.18. The Morgan fingerprint density at radius 3 is 2.55 bits per heavy atom. The molecule has 1 aromatic heterocycles. The van der Waals surface area contributed by atoms with Crippen LogP contribution in [0.15, 0.2) is 54.7 Å². The average Bonchev–Trinajstić information content (AvgIpc) is 3.21. The highest BCUT2D eigenvalue weighted by Crippen LogP contribution is 2.27. The van der Waals surface area contributed by atoms with Crippen LogP contribution in [0.1, 0.15) is 35.3 Å². The van der Waals surface area contributed by atoms with Gasteiger partial charge in [0.25, 0.3) is 0 Å². The van der Waals surface area contributed by atoms with Gasteiger partial charge in [0.1, 0.15) is 6.04 Å². The van der Waals surface area contributed by atoms with E-state index in [0.29, 0.717) is 5.56 Å². The van der Waals surface area contributed by atoms with Crippen LogP contribution in [0.2, 0.25) is 0 Å². The number of hydrogen-bond donors (Lipinski definition) is 1. The van der Waals surface area contributed by atoms with Crippen molar-refractivity contribution in [3.8, 4) is 0 Å². The van der Waals surface area contributed by atoms with Crippen molar-refractivity contribution in [2.45, 2.75) is 39.0 Å². The van der Waals surface area contributed by atoms with Crippen molar-refractivity contribution in [1.82, 2.24) is 9.29 Å². The maximum Gasteiger partial charge on any atom is 0.325 e. The number of ketones is 1. The van der Waals surface area contributed by atoms with Gasteiger partial charge in [-0.2, -0.15) is 4.31 Å². The lowest BCUT2D eigenvalue weighted by Gasteiger charge is -2.34. The number of sulfonamides is 1. The molecular formula is C23H24N2O5S. The summed E-state index contributed by atoms with van der Waals surface area (Å²) in [6.07, 6.45) is 0.764. The third-order valence-corrected chi connectivity index (χ3v) is 7.54. The molecule has 3 aromatic rings. The van der Waals surface area contributed by atoms with Crippen LogP contribution in [0.5, 0.6) is 0 Å². The largest absolute Gasteiger partial charge is 0.453 e. The fourth-order valence-electron chi connectivity index (χ4n) is 3.96. The second-order valence-corrected chi connectivity index (χ2v) is 9.84. The molecule has 0 spiro atoms. The van der Waals surface area contributed by atoms with Gasteiger partial charge in [-0.05, 0) is 31.0 Å². The van der Waals surface area contributed by atoms with Crippen molar-refractivity contribution < 1.29 is 22.7 Å². The Morgan fingerprint density at radius 2 is 1.81 bits per heavy atom. The van der Waals surface area contributed by atoms with Gasteiger partial charge in [-0.3, -0.25) is 9.59 Å². The van der Waals surface area contributed by atoms with E-state index in [0.717, 1.165) is 22.0 Å². The second kappa shape index (κ2) is 8.28. The molecule has 0 aliphatic carbocycles. The first-order valence-electron chi connectivity index (χ1n) is 10.2. The van der Waals surface area contributed by atoms with Crippen molar-refractivity contribution in [2.24, 2.45) is 0 Å². The SMILES string of the molecule is CCS(=O)(=O)N1Cc2ccccc2C[C@@H]1C(=O)O[C@@H](C)C(=O)c1c[nH]c2ccccc12. The van der Waals surface area contributed by atoms with E-state index in [-0.39, 0.29) is 24.5 Å². The standard InChI is InChI=1S/C23H24N2O5S/c1-3-31(28,29)25-14-17-9-5-4-8-16(17)12-21(25)23(27)30-15(2)22(26)19-13-24-20-11-7-6-10-18(19)20/h4-11,13,15,21,24H,3,12,14H2,1-2H3/t15-,21+/m0/s1. The third kappa shape index (κ3) is 4.00. The van der Waals surface area contributed by atoms with Crippen molar-refractivity contribution >= 4 is 32.7 Å². The van der Waals surface area contributed by atoms with E-state index >= 15 is 0 Å². The number of esters is 1. The van der Waals surface area contributed by atoms with Crippen LogP contribution in [-0.2, 0) is 32.5 Å². The van der Waals surface area contributed by atoms with E-state index in [9.17, 15) is 18.0 Å². The number of carbonyl (C=O) groups is 2. The molecule has 1 aliphatic rings. The highest BCUT2D eigenvalue weighted by atomic mass is 32.2. The highest BCUT2D eigenvalue weighted by molar-refractivity contribution is 7.89. The molecule has 1 aliphatic heterocycles. The summed E-state index contributed by atoms with van der Waals surface area (Å²) in [5, 5.41) is 0.747. The molecule has 7 nitrogen and oxygen atoms in total. The van der Waals surface area contributed by atoms with Crippen LogP contribution < -0.4 is 0 Å². The Labute approximate surface area is 181 Å². The summed E-state index contributed by atoms with van der Waals surface area (Å²) in [5.41, 5.74) is 3.02. The summed E-state index contributed by atoms with van der Waals surface area (Å²) >= 11 is 0. The fraction of sp³-hybridized carbons (Fsp3) is 0.304. The van der Waals surface area contributed by atoms with E-state index < -0.39 is 28.1 Å². The molecule has 0 amide bonds. The number of aromatic nitrogens is 1. The topological polar surface area (TPSA) is 96.5 Å². The minimum atomic E-state index is -3.64. The van der Waals surface area contributed by atoms with E-state index in [1.165, 1.54) is 11.2 Å². The van der Waals surface area contributed by atoms with Crippen molar-refractivity contribution in [2.75, 3.05) is 5.75 Å². The average molecular weight is 441 g/mol. The number of nitrogens with one attached hydrogen (secondary N) is 1. The molecular weight excluding hydrogens is 416 g/mol. The van der Waals surface area contributed by atoms with E-state index in [1.807, 2.05) is 48.5 Å². The number of Topliss-reactive ketones (excluding diaryl/α,β-unsaturated/α-hetero) is 1. The molecule has 31 heavy (non-hydrogen) atoms. The zero-order valence-corrected chi connectivity index (χ0v) is 18.2. The molecule has 2 aromatic carbocycles. The molecule has 0 bridgehead atoms. The van der Waals surface area contributed by atoms with Gasteiger partial charge < -0.3 is 9.72 Å². The van der Waals surface area contributed by atoms with Crippen molar-refractivity contribution in [1.29, 1.82) is 0 Å². The zero-order chi connectivity index (χ0) is 22.2. The van der Waals surface area contributed by atoms with Gasteiger partial charge in [0.05, 0.1) is 5.75 Å². The second-order valence-electron chi connectivity index (χ2n) is 7.63. The van der Waals surface area contributed by atoms with Gasteiger partial charge in [0.2, 0.25) is 15.8 Å². The van der Waals surface area contributed by atoms with Crippen LogP contribution in [-0.4, -0.2) is 47.4 Å². The number of carbonyl (C=O) groups excluding carboxylic acids is 2. The van der Waals surface area contributed by atoms with Crippen LogP contribution in [0, 0.1) is 0 Å². The maximum atomic E-state index is 13.0. The molecule has 0 saturated carbocycles. The van der Waals surface area contributed by atoms with Gasteiger partial charge in [0, 0.05) is 35.6 Å². The van der Waals surface area contributed by atoms with Crippen molar-refractivity contribution in [3.05, 3.63) is 71.4 Å². The Balaban J connectivity index is 1.57. The predicted molar refractivity (Wildman–Crippen MR) is 117 cm³/mol. The first kappa shape index (κ1) is 21.3. The molecule has 0 saturated heterocycles. The minimum absolute atomic E-state index is 0.108. The quantitative estimate of drug-likeness (QED) is 0.469. The molecule has 4 rings (SSSR count). The zero-order valence-electron chi connectivity index (χ0n) is 17.4. The number of hydrogen-bond acceptors (Lipinski definition) is 5. The van der Waals surface area contributed by atoms with Crippen LogP contribution in [0.4, 0.5) is 0 Å². The first-order valence-corrected chi connectivity index (χ1v) is 11.8. The van der Waals surface area contributed by atoms with Crippen LogP contribution in [0.25, 0.3) is 10.9 Å². The van der Waals surface area contributed by atoms with Gasteiger partial charge in [0.15, 0.2) is 6.10 Å². The van der Waals surface area contributed by atoms with Gasteiger partial charge >= 0.3 is 5.97 Å². The lowest BCUT2D eigenvalue weighted by atomic mass is 9.96. The van der Waals surface area contributed by atoms with Crippen LogP contribution in [0.3, 0.4) is 0 Å². The summed E-state index contributed by atoms with van der Waals surface area (Å²) < 4.78 is 32.1. The maximum absolute atomic E-state index is 13.0. The number of fused-ring (bicyclic) bond motifs is 2. The molecule has 2 heterocycles. The normalized spacial score (nSPS) is 17.8. The lowest BCUT2D eigenvalue weighted by molar-refractivity contribution is -0.151. The molecule has 1 N–H and O–H groups in total. The number of ether oxygens (including phenoxy) is 1. The summed E-state index contributed by atoms with van der Waals surface area (Å²) in [6, 6.07) is 13.8. The monoisotopic (exact) mass is 440 g/mol. The van der Waals surface area contributed by atoms with Crippen LogP contribution >= 0.6 is 0 Å². The predicted octanol–water partition coefficient (Wildman–Crippen LogP) is 3.06. The molecule has 0 fully saturated rings. The Morgan fingerprint density at radius 1 is 1.13 bits per heavy atom. The van der Waals surface area contributed by atoms with Gasteiger partial charge in [-0.1, -0.05) is 42.5 Å². The number of para-hydroxylation sites is 1. The molecule has 8 heteroatoms. The van der Waals surface area contributed by atoms with E-state index in [1.54, 1.807) is 13.1 Å². The lowest BCUT2D eigenvalue weighted by Crippen LogP contribution is -2.50. The Kier molecular flexibility index (Phi) is 5.68. The Bertz CT molecular complexity index is 1250. The molecule has 0 radical (unpaired) electrons. The number of benzene rings is 2. The Hall–Kier alpha value is -2.97. The van der Waals surface area contributed by atoms with Gasteiger partial charge in [-0.15, -0.1) is 0 Å². The van der Waals surface area contributed by atoms with Crippen molar-refractivity contribution in [3.63, 3.8) is 0 Å². The third-order valence-electron chi connectivity index (χ3n) is 5.72. The number of rotatable bonds is 6. The molecule has 2 atom stereocenters.